The van der Waals surface area contributed by atoms with E-state index >= 15 is 0 Å². The predicted octanol–water partition coefficient (Wildman–Crippen LogP) is 3.37. The number of aromatic nitrogens is 2. The molecule has 1 aliphatic heterocycles. The van der Waals surface area contributed by atoms with Crippen LogP contribution in [0.1, 0.15) is 42.1 Å². The SMILES string of the molecule is CC(C)Cc1nnc(NC(=O)C2CCCN(C(=O)c3ccc(F)cc3)C2)s1. The summed E-state index contributed by atoms with van der Waals surface area (Å²) in [5.41, 5.74) is 0.430. The van der Waals surface area contributed by atoms with Crippen molar-refractivity contribution in [3.8, 4) is 0 Å². The number of anilines is 1. The number of carbonyl (C=O) groups excluding carboxylic acids is 2. The van der Waals surface area contributed by atoms with Gasteiger partial charge in [-0.3, -0.25) is 9.59 Å². The molecule has 1 aromatic heterocycles. The lowest BCUT2D eigenvalue weighted by molar-refractivity contribution is -0.121. The lowest BCUT2D eigenvalue weighted by Gasteiger charge is -2.32. The zero-order valence-corrected chi connectivity index (χ0v) is 16.3. The van der Waals surface area contributed by atoms with Crippen molar-refractivity contribution < 1.29 is 14.0 Å². The van der Waals surface area contributed by atoms with Crippen molar-refractivity contribution >= 4 is 28.3 Å². The number of hydrogen-bond donors (Lipinski definition) is 1. The van der Waals surface area contributed by atoms with Crippen LogP contribution in [0.25, 0.3) is 0 Å². The molecule has 27 heavy (non-hydrogen) atoms. The Morgan fingerprint density at radius 1 is 1.30 bits per heavy atom. The van der Waals surface area contributed by atoms with Crippen LogP contribution in [0.4, 0.5) is 9.52 Å². The summed E-state index contributed by atoms with van der Waals surface area (Å²) < 4.78 is 13.1. The molecule has 2 amide bonds. The van der Waals surface area contributed by atoms with E-state index < -0.39 is 0 Å². The first-order valence-electron chi connectivity index (χ1n) is 9.10. The lowest BCUT2D eigenvalue weighted by atomic mass is 9.96. The first-order valence-corrected chi connectivity index (χ1v) is 9.92. The molecule has 1 fully saturated rings. The minimum atomic E-state index is -0.378. The third-order valence-corrected chi connectivity index (χ3v) is 5.31. The third kappa shape index (κ3) is 5.09. The van der Waals surface area contributed by atoms with Crippen LogP contribution >= 0.6 is 11.3 Å². The molecule has 1 aliphatic rings. The topological polar surface area (TPSA) is 75.2 Å². The van der Waals surface area contributed by atoms with Crippen molar-refractivity contribution in [1.29, 1.82) is 0 Å². The fourth-order valence-electron chi connectivity index (χ4n) is 3.09. The zero-order chi connectivity index (χ0) is 19.4. The first kappa shape index (κ1) is 19.4. The van der Waals surface area contributed by atoms with Crippen LogP contribution in [-0.2, 0) is 11.2 Å². The maximum Gasteiger partial charge on any atom is 0.253 e. The second-order valence-corrected chi connectivity index (χ2v) is 8.25. The van der Waals surface area contributed by atoms with Crippen LogP contribution in [0, 0.1) is 17.7 Å². The maximum atomic E-state index is 13.1. The molecule has 1 atom stereocenters. The minimum Gasteiger partial charge on any atom is -0.338 e. The standard InChI is InChI=1S/C19H23FN4O2S/c1-12(2)10-16-22-23-19(27-16)21-17(25)14-4-3-9-24(11-14)18(26)13-5-7-15(20)8-6-13/h5-8,12,14H,3-4,9-11H2,1-2H3,(H,21,23,25). The Hall–Kier alpha value is -2.35. The van der Waals surface area contributed by atoms with E-state index in [1.54, 1.807) is 4.90 Å². The van der Waals surface area contributed by atoms with Gasteiger partial charge in [0.05, 0.1) is 5.92 Å². The van der Waals surface area contributed by atoms with E-state index in [0.29, 0.717) is 29.7 Å². The summed E-state index contributed by atoms with van der Waals surface area (Å²) in [5, 5.41) is 12.4. The lowest BCUT2D eigenvalue weighted by Crippen LogP contribution is -2.43. The molecule has 8 heteroatoms. The summed E-state index contributed by atoms with van der Waals surface area (Å²) in [6.45, 7) is 5.15. The number of piperidine rings is 1. The minimum absolute atomic E-state index is 0.140. The molecule has 144 valence electrons. The van der Waals surface area contributed by atoms with Gasteiger partial charge >= 0.3 is 0 Å². The Kier molecular flexibility index (Phi) is 6.15. The van der Waals surface area contributed by atoms with Crippen LogP contribution in [0.2, 0.25) is 0 Å². The fourth-order valence-corrected chi connectivity index (χ4v) is 4.05. The van der Waals surface area contributed by atoms with Crippen molar-refractivity contribution in [2.24, 2.45) is 11.8 Å². The number of halogens is 1. The highest BCUT2D eigenvalue weighted by Gasteiger charge is 2.29. The maximum absolute atomic E-state index is 13.1. The summed E-state index contributed by atoms with van der Waals surface area (Å²) in [6, 6.07) is 5.48. The monoisotopic (exact) mass is 390 g/mol. The smallest absolute Gasteiger partial charge is 0.253 e. The van der Waals surface area contributed by atoms with Gasteiger partial charge in [-0.1, -0.05) is 25.2 Å². The van der Waals surface area contributed by atoms with Gasteiger partial charge in [-0.15, -0.1) is 10.2 Å². The number of nitrogens with one attached hydrogen (secondary N) is 1. The average molecular weight is 390 g/mol. The molecule has 3 rings (SSSR count). The van der Waals surface area contributed by atoms with Gasteiger partial charge in [0.15, 0.2) is 0 Å². The van der Waals surface area contributed by atoms with E-state index in [4.69, 9.17) is 0 Å². The number of nitrogens with zero attached hydrogens (tertiary/aromatic N) is 3. The highest BCUT2D eigenvalue weighted by Crippen LogP contribution is 2.23. The number of amides is 2. The number of carbonyl (C=O) groups is 2. The van der Waals surface area contributed by atoms with Gasteiger partial charge in [0.2, 0.25) is 11.0 Å². The van der Waals surface area contributed by atoms with Crippen molar-refractivity contribution in [1.82, 2.24) is 15.1 Å². The van der Waals surface area contributed by atoms with Crippen LogP contribution < -0.4 is 5.32 Å². The zero-order valence-electron chi connectivity index (χ0n) is 15.4. The van der Waals surface area contributed by atoms with Gasteiger partial charge in [0.25, 0.3) is 5.91 Å². The van der Waals surface area contributed by atoms with E-state index in [1.807, 2.05) is 0 Å². The van der Waals surface area contributed by atoms with Gasteiger partial charge in [-0.05, 0) is 43.0 Å². The molecule has 1 aromatic carbocycles. The van der Waals surface area contributed by atoms with E-state index in [1.165, 1.54) is 35.6 Å². The highest BCUT2D eigenvalue weighted by molar-refractivity contribution is 7.15. The molecular weight excluding hydrogens is 367 g/mol. The van der Waals surface area contributed by atoms with Gasteiger partial charge in [0, 0.05) is 25.1 Å². The van der Waals surface area contributed by atoms with Crippen LogP contribution in [-0.4, -0.2) is 40.0 Å². The molecule has 0 radical (unpaired) electrons. The predicted molar refractivity (Wildman–Crippen MR) is 102 cm³/mol. The molecule has 1 N–H and O–H groups in total. The molecule has 6 nitrogen and oxygen atoms in total. The number of rotatable bonds is 5. The molecule has 2 heterocycles. The van der Waals surface area contributed by atoms with Crippen LogP contribution in [0.15, 0.2) is 24.3 Å². The van der Waals surface area contributed by atoms with Crippen molar-refractivity contribution in [3.05, 3.63) is 40.7 Å². The van der Waals surface area contributed by atoms with E-state index in [2.05, 4.69) is 29.4 Å². The largest absolute Gasteiger partial charge is 0.338 e. The summed E-state index contributed by atoms with van der Waals surface area (Å²) in [6.07, 6.45) is 2.30. The Labute approximate surface area is 161 Å². The summed E-state index contributed by atoms with van der Waals surface area (Å²) in [7, 11) is 0. The van der Waals surface area contributed by atoms with E-state index in [9.17, 15) is 14.0 Å². The third-order valence-electron chi connectivity index (χ3n) is 4.45. The quantitative estimate of drug-likeness (QED) is 0.849. The van der Waals surface area contributed by atoms with Gasteiger partial charge in [-0.2, -0.15) is 0 Å². The summed E-state index contributed by atoms with van der Waals surface area (Å²) >= 11 is 1.39. The average Bonchev–Trinajstić information content (AvgIpc) is 3.08. The van der Waals surface area contributed by atoms with Gasteiger partial charge < -0.3 is 10.2 Å². The molecule has 0 saturated carbocycles. The van der Waals surface area contributed by atoms with Gasteiger partial charge in [-0.25, -0.2) is 4.39 Å². The van der Waals surface area contributed by atoms with E-state index in [0.717, 1.165) is 24.3 Å². The Bertz CT molecular complexity index is 806. The van der Waals surface area contributed by atoms with Crippen LogP contribution in [0.3, 0.4) is 0 Å². The molecule has 2 aromatic rings. The van der Waals surface area contributed by atoms with Gasteiger partial charge in [0.1, 0.15) is 10.8 Å². The molecule has 0 spiro atoms. The molecule has 1 saturated heterocycles. The summed E-state index contributed by atoms with van der Waals surface area (Å²) in [4.78, 5) is 26.8. The normalized spacial score (nSPS) is 17.2. The second kappa shape index (κ2) is 8.56. The highest BCUT2D eigenvalue weighted by atomic mass is 32.1. The Balaban J connectivity index is 1.60. The first-order chi connectivity index (χ1) is 12.9. The fraction of sp³-hybridized carbons (Fsp3) is 0.474. The van der Waals surface area contributed by atoms with Crippen molar-refractivity contribution in [3.63, 3.8) is 0 Å². The number of likely N-dealkylation sites (tertiary alicyclic amines) is 1. The Morgan fingerprint density at radius 2 is 2.04 bits per heavy atom. The second-order valence-electron chi connectivity index (χ2n) is 7.19. The van der Waals surface area contributed by atoms with E-state index in [-0.39, 0.29) is 23.5 Å². The summed E-state index contributed by atoms with van der Waals surface area (Å²) in [5.74, 6) is -0.510. The molecule has 1 unspecified atom stereocenters. The molecular formula is C19H23FN4O2S. The Morgan fingerprint density at radius 3 is 2.74 bits per heavy atom. The van der Waals surface area contributed by atoms with Crippen LogP contribution in [0.5, 0.6) is 0 Å². The van der Waals surface area contributed by atoms with Crippen molar-refractivity contribution in [2.45, 2.75) is 33.1 Å². The molecule has 0 aliphatic carbocycles. The van der Waals surface area contributed by atoms with Crippen molar-refractivity contribution in [2.75, 3.05) is 18.4 Å². The number of benzene rings is 1. The molecule has 0 bridgehead atoms. The number of hydrogen-bond acceptors (Lipinski definition) is 5.